The number of amides is 1. The average molecular weight is 702 g/mol. The Labute approximate surface area is 312 Å². The van der Waals surface area contributed by atoms with Crippen LogP contribution in [-0.2, 0) is 42.6 Å². The zero-order chi connectivity index (χ0) is 53.0. The van der Waals surface area contributed by atoms with Crippen molar-refractivity contribution in [1.82, 2.24) is 19.4 Å². The fraction of sp³-hybridized carbons (Fsp3) is 0.378. The first-order valence-electron chi connectivity index (χ1n) is 24.6. The molecule has 254 valence electrons. The monoisotopic (exact) mass is 701 g/mol. The molecule has 1 heterocycles. The lowest BCUT2D eigenvalue weighted by Crippen LogP contribution is -2.40. The predicted octanol–water partition coefficient (Wildman–Crippen LogP) is 7.53. The Kier molecular flexibility index (Phi) is 5.53. The molecule has 0 aliphatic heterocycles. The summed E-state index contributed by atoms with van der Waals surface area (Å²) in [5, 5.41) is -0.448. The number of alkyl halides is 3. The van der Waals surface area contributed by atoms with Gasteiger partial charge in [0.2, 0.25) is 5.91 Å². The Bertz CT molecular complexity index is 2750. The molecule has 0 saturated carbocycles. The molecule has 5 rings (SSSR count). The van der Waals surface area contributed by atoms with E-state index in [1.807, 2.05) is 0 Å². The van der Waals surface area contributed by atoms with Crippen LogP contribution in [0.2, 0.25) is 0 Å². The molecule has 4 aromatic rings. The van der Waals surface area contributed by atoms with Crippen LogP contribution in [0.3, 0.4) is 0 Å². The van der Waals surface area contributed by atoms with Crippen LogP contribution >= 0.6 is 11.8 Å². The van der Waals surface area contributed by atoms with Crippen molar-refractivity contribution in [2.45, 2.75) is 70.2 Å². The zero-order valence-corrected chi connectivity index (χ0v) is 26.4. The number of carbonyl (C=O) groups excluding carboxylic acids is 1. The quantitative estimate of drug-likeness (QED) is 0.0820. The van der Waals surface area contributed by atoms with Crippen molar-refractivity contribution in [1.29, 1.82) is 0 Å². The van der Waals surface area contributed by atoms with Crippen molar-refractivity contribution in [3.63, 3.8) is 0 Å². The van der Waals surface area contributed by atoms with Gasteiger partial charge < -0.3 is 14.4 Å². The molecule has 0 spiro atoms. The third-order valence-electron chi connectivity index (χ3n) is 6.84. The SMILES string of the molecule is [2H]c1c([2H])c(CSc2nc(=O)c3c(n2CC(=O)N(C([2H])([2H])c2c([2H])c([2H])c(-c4c([2H])c([2H])c(C(F)(F)F)c([2H])c4[2H])c([2H])c2C)C([2H])([2H])C([2H])([2H])N(C([2H])([2H])C)C([2H])([2H])C)CCC3)c([2H])c([2H])c1F. The Balaban J connectivity index is 1.82. The second-order valence-electron chi connectivity index (χ2n) is 9.99. The molecule has 0 N–H and O–H groups in total. The van der Waals surface area contributed by atoms with E-state index in [0.717, 1.165) is 11.5 Å². The van der Waals surface area contributed by atoms with Gasteiger partial charge in [0.05, 0.1) is 26.1 Å². The van der Waals surface area contributed by atoms with Gasteiger partial charge in [-0.15, -0.1) is 0 Å². The lowest BCUT2D eigenvalue weighted by atomic mass is 9.98. The summed E-state index contributed by atoms with van der Waals surface area (Å²) in [6.07, 6.45) is -5.08. The molecule has 1 amide bonds. The number of carbonyl (C=O) groups is 1. The normalized spacial score (nSPS) is 20.6. The number of hydrogen-bond acceptors (Lipinski definition) is 5. The molecule has 11 heteroatoms. The largest absolute Gasteiger partial charge is 0.416 e. The summed E-state index contributed by atoms with van der Waals surface area (Å²) >= 11 is 0.513. The molecule has 0 bridgehead atoms. The summed E-state index contributed by atoms with van der Waals surface area (Å²) in [6.45, 7) is -18.0. The summed E-state index contributed by atoms with van der Waals surface area (Å²) in [7, 11) is 0. The second-order valence-corrected chi connectivity index (χ2v) is 10.9. The summed E-state index contributed by atoms with van der Waals surface area (Å²) in [4.78, 5) is 31.6. The number of halogens is 4. The highest BCUT2D eigenvalue weighted by Crippen LogP contribution is 2.32. The first-order valence-corrected chi connectivity index (χ1v) is 15.1. The molecule has 0 unspecified atom stereocenters. The molecule has 1 aromatic heterocycles. The van der Waals surface area contributed by atoms with Crippen molar-refractivity contribution in [2.24, 2.45) is 0 Å². The van der Waals surface area contributed by atoms with Gasteiger partial charge in [-0.25, -0.2) is 4.39 Å². The van der Waals surface area contributed by atoms with E-state index < -0.39 is 178 Å². The highest BCUT2D eigenvalue weighted by molar-refractivity contribution is 7.98. The fourth-order valence-corrected chi connectivity index (χ4v) is 5.40. The molecule has 0 atom stereocenters. The molecular weight excluding hydrogens is 640 g/mol. The van der Waals surface area contributed by atoms with Crippen molar-refractivity contribution < 1.29 is 51.1 Å². The minimum Gasteiger partial charge on any atom is -0.336 e. The second kappa shape index (κ2) is 15.5. The van der Waals surface area contributed by atoms with E-state index in [9.17, 15) is 27.8 Å². The van der Waals surface area contributed by atoms with Crippen LogP contribution in [-0.4, -0.2) is 51.2 Å². The van der Waals surface area contributed by atoms with E-state index in [4.69, 9.17) is 23.3 Å². The maximum absolute atomic E-state index is 15.1. The van der Waals surface area contributed by atoms with Gasteiger partial charge in [0.1, 0.15) is 12.4 Å². The fourth-order valence-electron chi connectivity index (χ4n) is 4.50. The summed E-state index contributed by atoms with van der Waals surface area (Å²) in [6, 6.07) is -13.7. The summed E-state index contributed by atoms with van der Waals surface area (Å²) < 4.78 is 238. The number of benzene rings is 3. The Hall–Kier alpha value is -3.96. The minimum atomic E-state index is -5.42. The van der Waals surface area contributed by atoms with Crippen LogP contribution in [0.4, 0.5) is 17.6 Å². The Morgan fingerprint density at radius 3 is 2.35 bits per heavy atom. The number of fused-ring (bicyclic) bond motifs is 1. The molecule has 6 nitrogen and oxygen atoms in total. The van der Waals surface area contributed by atoms with E-state index in [2.05, 4.69) is 4.98 Å². The van der Waals surface area contributed by atoms with Crippen LogP contribution in [0.1, 0.15) is 82.6 Å². The van der Waals surface area contributed by atoms with Gasteiger partial charge in [-0.05, 0) is 91.2 Å². The van der Waals surface area contributed by atoms with Crippen molar-refractivity contribution >= 4 is 17.7 Å². The number of thioether (sulfide) groups is 1. The van der Waals surface area contributed by atoms with E-state index in [1.165, 1.54) is 0 Å². The summed E-state index contributed by atoms with van der Waals surface area (Å²) in [5.74, 6) is -3.87. The Morgan fingerprint density at radius 1 is 1.00 bits per heavy atom. The summed E-state index contributed by atoms with van der Waals surface area (Å²) in [5.41, 5.74) is -7.41. The van der Waals surface area contributed by atoms with Gasteiger partial charge in [0.15, 0.2) is 5.16 Å². The number of likely N-dealkylation sites (N-methyl/N-ethyl adjacent to an activating group) is 1. The number of nitrogens with zero attached hydrogens (tertiary/aromatic N) is 4. The van der Waals surface area contributed by atoms with Crippen LogP contribution < -0.4 is 5.56 Å². The standard InChI is InChI=1S/C37H40F4N4O2S/c1-4-43(5-2)19-20-44(22-29-12-11-28(21-25(29)3)27-13-15-30(16-14-27)37(39,40)41)34(46)23-45-33-8-6-7-32(33)35(47)42-36(45)48-24-26-9-17-31(38)18-10-26/h9-18,21H,4-8,19-20,22-24H2,1-3H3/i4D2,5D2,9D,10D,11D,12D,13D,14D,15D,16D,17D,18D,19D2,20D2,21D,22D2. The third kappa shape index (κ3) is 8.54. The maximum Gasteiger partial charge on any atom is 0.416 e. The average Bonchev–Trinajstić information content (AvgIpc) is 3.69. The van der Waals surface area contributed by atoms with E-state index >= 15 is 4.79 Å². The first kappa shape index (κ1) is 17.1. The van der Waals surface area contributed by atoms with Crippen LogP contribution in [0, 0.1) is 12.7 Å². The number of hydrogen-bond donors (Lipinski definition) is 0. The molecular formula is C37H40F4N4O2S. The lowest BCUT2D eigenvalue weighted by molar-refractivity contribution is -0.137. The van der Waals surface area contributed by atoms with Gasteiger partial charge in [-0.3, -0.25) is 9.59 Å². The first-order chi connectivity index (χ1) is 31.2. The predicted molar refractivity (Wildman–Crippen MR) is 181 cm³/mol. The smallest absolute Gasteiger partial charge is 0.336 e. The lowest BCUT2D eigenvalue weighted by Gasteiger charge is -2.28. The van der Waals surface area contributed by atoms with Gasteiger partial charge >= 0.3 is 6.18 Å². The minimum absolute atomic E-state index is 0.00785. The molecule has 0 saturated heterocycles. The molecule has 1 aliphatic carbocycles. The molecule has 3 aromatic carbocycles. The van der Waals surface area contributed by atoms with Crippen molar-refractivity contribution in [3.8, 4) is 11.1 Å². The molecule has 0 radical (unpaired) electrons. The highest BCUT2D eigenvalue weighted by atomic mass is 32.2. The molecule has 48 heavy (non-hydrogen) atoms. The van der Waals surface area contributed by atoms with Gasteiger partial charge in [-0.2, -0.15) is 18.2 Å². The van der Waals surface area contributed by atoms with Gasteiger partial charge in [0, 0.05) is 44.7 Å². The van der Waals surface area contributed by atoms with Crippen molar-refractivity contribution in [3.05, 3.63) is 116 Å². The van der Waals surface area contributed by atoms with Gasteiger partial charge in [0.25, 0.3) is 5.56 Å². The van der Waals surface area contributed by atoms with Crippen LogP contribution in [0.25, 0.3) is 11.1 Å². The highest BCUT2D eigenvalue weighted by Gasteiger charge is 2.30. The Morgan fingerprint density at radius 2 is 1.69 bits per heavy atom. The molecule has 0 fully saturated rings. The number of rotatable bonds is 13. The van der Waals surface area contributed by atoms with E-state index in [-0.39, 0.29) is 35.4 Å². The maximum atomic E-state index is 15.1. The van der Waals surface area contributed by atoms with E-state index in [0.29, 0.717) is 25.6 Å². The third-order valence-corrected chi connectivity index (χ3v) is 7.84. The zero-order valence-electron chi connectivity index (χ0n) is 46.6. The van der Waals surface area contributed by atoms with Crippen LogP contribution in [0.5, 0.6) is 0 Å². The van der Waals surface area contributed by atoms with Crippen LogP contribution in [0.15, 0.2) is 76.4 Å². The van der Waals surface area contributed by atoms with Crippen molar-refractivity contribution in [2.75, 3.05) is 26.0 Å². The number of aromatic nitrogens is 2. The topological polar surface area (TPSA) is 58.4 Å². The van der Waals surface area contributed by atoms with Gasteiger partial charge in [-0.1, -0.05) is 67.9 Å². The molecule has 1 aliphatic rings. The van der Waals surface area contributed by atoms with E-state index in [1.54, 1.807) is 0 Å².